The van der Waals surface area contributed by atoms with Crippen molar-refractivity contribution in [1.29, 1.82) is 0 Å². The Bertz CT molecular complexity index is 811. The lowest BCUT2D eigenvalue weighted by molar-refractivity contribution is 0.0416. The molecule has 2 aromatic rings. The molecule has 5 nitrogen and oxygen atoms in total. The van der Waals surface area contributed by atoms with E-state index in [0.29, 0.717) is 42.6 Å². The van der Waals surface area contributed by atoms with E-state index in [9.17, 15) is 9.59 Å². The van der Waals surface area contributed by atoms with Crippen LogP contribution in [0.4, 0.5) is 4.79 Å². The van der Waals surface area contributed by atoms with Gasteiger partial charge in [0.2, 0.25) is 0 Å². The fourth-order valence-electron chi connectivity index (χ4n) is 2.47. The van der Waals surface area contributed by atoms with Crippen LogP contribution in [0.25, 0.3) is 6.08 Å². The van der Waals surface area contributed by atoms with Gasteiger partial charge in [-0.25, -0.2) is 4.79 Å². The average molecular weight is 372 g/mol. The van der Waals surface area contributed by atoms with Crippen LogP contribution >= 0.6 is 11.6 Å². The summed E-state index contributed by atoms with van der Waals surface area (Å²) in [5.41, 5.74) is 1.28. The van der Waals surface area contributed by atoms with Gasteiger partial charge in [0.15, 0.2) is 5.78 Å². The summed E-state index contributed by atoms with van der Waals surface area (Å²) in [7, 11) is 0. The molecule has 6 heteroatoms. The number of nitrogens with zero attached hydrogens (tertiary/aromatic N) is 1. The Balaban J connectivity index is 1.60. The second kappa shape index (κ2) is 8.65. The van der Waals surface area contributed by atoms with Crippen molar-refractivity contribution < 1.29 is 19.1 Å². The monoisotopic (exact) mass is 371 g/mol. The smallest absolute Gasteiger partial charge is 0.410 e. The zero-order valence-corrected chi connectivity index (χ0v) is 14.8. The minimum Gasteiger partial charge on any atom is -0.410 e. The maximum absolute atomic E-state index is 12.3. The molecular weight excluding hydrogens is 354 g/mol. The van der Waals surface area contributed by atoms with Gasteiger partial charge in [-0.3, -0.25) is 4.79 Å². The molecule has 0 bridgehead atoms. The van der Waals surface area contributed by atoms with E-state index in [1.807, 2.05) is 18.2 Å². The first-order valence-corrected chi connectivity index (χ1v) is 8.63. The van der Waals surface area contributed by atoms with Crippen LogP contribution in [0.3, 0.4) is 0 Å². The van der Waals surface area contributed by atoms with Gasteiger partial charge in [0.05, 0.1) is 13.2 Å². The van der Waals surface area contributed by atoms with E-state index in [1.54, 1.807) is 41.3 Å². The number of halogens is 1. The van der Waals surface area contributed by atoms with E-state index >= 15 is 0 Å². The number of carbonyl (C=O) groups is 2. The summed E-state index contributed by atoms with van der Waals surface area (Å²) in [6.45, 7) is 2.06. The Morgan fingerprint density at radius 3 is 2.42 bits per heavy atom. The van der Waals surface area contributed by atoms with E-state index in [-0.39, 0.29) is 5.78 Å². The van der Waals surface area contributed by atoms with Gasteiger partial charge in [0, 0.05) is 23.7 Å². The first-order chi connectivity index (χ1) is 12.6. The van der Waals surface area contributed by atoms with Gasteiger partial charge in [-0.05, 0) is 48.0 Å². The predicted molar refractivity (Wildman–Crippen MR) is 99.7 cm³/mol. The molecule has 1 aliphatic heterocycles. The quantitative estimate of drug-likeness (QED) is 0.600. The molecule has 0 spiro atoms. The summed E-state index contributed by atoms with van der Waals surface area (Å²) in [4.78, 5) is 25.9. The largest absolute Gasteiger partial charge is 0.415 e. The van der Waals surface area contributed by atoms with Crippen molar-refractivity contribution >= 4 is 29.6 Å². The molecule has 1 amide bonds. The molecule has 0 saturated carbocycles. The van der Waals surface area contributed by atoms with E-state index < -0.39 is 6.09 Å². The first kappa shape index (κ1) is 18.2. The summed E-state index contributed by atoms with van der Waals surface area (Å²) < 4.78 is 10.5. The Labute approximate surface area is 156 Å². The Hall–Kier alpha value is -2.63. The van der Waals surface area contributed by atoms with E-state index in [1.165, 1.54) is 6.08 Å². The number of rotatable bonds is 4. The second-order valence-electron chi connectivity index (χ2n) is 5.71. The highest BCUT2D eigenvalue weighted by molar-refractivity contribution is 6.32. The number of hydrogen-bond donors (Lipinski definition) is 0. The number of ketones is 1. The van der Waals surface area contributed by atoms with Gasteiger partial charge in [-0.1, -0.05) is 29.8 Å². The molecule has 1 fully saturated rings. The average Bonchev–Trinajstić information content (AvgIpc) is 2.68. The van der Waals surface area contributed by atoms with E-state index in [2.05, 4.69) is 0 Å². The van der Waals surface area contributed by atoms with Crippen molar-refractivity contribution in [2.45, 2.75) is 0 Å². The van der Waals surface area contributed by atoms with Gasteiger partial charge >= 0.3 is 6.09 Å². The zero-order valence-electron chi connectivity index (χ0n) is 14.1. The van der Waals surface area contributed by atoms with Crippen LogP contribution in [0.1, 0.15) is 15.9 Å². The number of amides is 1. The van der Waals surface area contributed by atoms with Crippen molar-refractivity contribution in [2.24, 2.45) is 0 Å². The molecule has 0 atom stereocenters. The summed E-state index contributed by atoms with van der Waals surface area (Å²) in [5.74, 6) is 0.240. The molecule has 3 rings (SSSR count). The van der Waals surface area contributed by atoms with Crippen LogP contribution in [0.15, 0.2) is 54.6 Å². The minimum atomic E-state index is -0.411. The molecule has 1 saturated heterocycles. The number of carbonyl (C=O) groups excluding carboxylic acids is 2. The normalized spacial score (nSPS) is 14.4. The molecular formula is C20H18ClNO4. The molecule has 0 radical (unpaired) electrons. The van der Waals surface area contributed by atoms with Crippen molar-refractivity contribution in [3.63, 3.8) is 0 Å². The summed E-state index contributed by atoms with van der Waals surface area (Å²) >= 11 is 6.06. The molecule has 0 unspecified atom stereocenters. The topological polar surface area (TPSA) is 55.8 Å². The Morgan fingerprint density at radius 1 is 1.04 bits per heavy atom. The predicted octanol–water partition coefficient (Wildman–Crippen LogP) is 4.07. The molecule has 0 aromatic heterocycles. The summed E-state index contributed by atoms with van der Waals surface area (Å²) in [6.07, 6.45) is 2.73. The number of hydrogen-bond acceptors (Lipinski definition) is 4. The third kappa shape index (κ3) is 4.71. The van der Waals surface area contributed by atoms with E-state index in [4.69, 9.17) is 21.1 Å². The van der Waals surface area contributed by atoms with Gasteiger partial charge in [-0.2, -0.15) is 0 Å². The number of allylic oxidation sites excluding steroid dienone is 1. The lowest BCUT2D eigenvalue weighted by atomic mass is 10.1. The van der Waals surface area contributed by atoms with Crippen molar-refractivity contribution in [3.05, 3.63) is 70.8 Å². The summed E-state index contributed by atoms with van der Waals surface area (Å²) in [5, 5.41) is 0.585. The third-order valence-corrected chi connectivity index (χ3v) is 4.28. The number of benzene rings is 2. The highest BCUT2D eigenvalue weighted by Crippen LogP contribution is 2.18. The van der Waals surface area contributed by atoms with Crippen LogP contribution in [-0.2, 0) is 4.74 Å². The van der Waals surface area contributed by atoms with Crippen LogP contribution in [0.5, 0.6) is 5.75 Å². The fourth-order valence-corrected chi connectivity index (χ4v) is 2.67. The standard InChI is InChI=1S/C20H18ClNO4/c21-18-4-2-1-3-15(18)7-10-19(23)16-5-8-17(9-6-16)26-20(24)22-11-13-25-14-12-22/h1-10H,11-14H2/b10-7+. The molecule has 26 heavy (non-hydrogen) atoms. The Morgan fingerprint density at radius 2 is 1.73 bits per heavy atom. The summed E-state index contributed by atoms with van der Waals surface area (Å²) in [6, 6.07) is 13.8. The SMILES string of the molecule is O=C(/C=C/c1ccccc1Cl)c1ccc(OC(=O)N2CCOCC2)cc1. The van der Waals surface area contributed by atoms with Crippen LogP contribution in [0, 0.1) is 0 Å². The zero-order chi connectivity index (χ0) is 18.4. The highest BCUT2D eigenvalue weighted by atomic mass is 35.5. The van der Waals surface area contributed by atoms with Gasteiger partial charge < -0.3 is 14.4 Å². The van der Waals surface area contributed by atoms with Gasteiger partial charge in [-0.15, -0.1) is 0 Å². The lowest BCUT2D eigenvalue weighted by Gasteiger charge is -2.25. The minimum absolute atomic E-state index is 0.157. The lowest BCUT2D eigenvalue weighted by Crippen LogP contribution is -2.42. The van der Waals surface area contributed by atoms with Crippen LogP contribution < -0.4 is 4.74 Å². The van der Waals surface area contributed by atoms with E-state index in [0.717, 1.165) is 5.56 Å². The maximum atomic E-state index is 12.3. The van der Waals surface area contributed by atoms with Crippen molar-refractivity contribution in [3.8, 4) is 5.75 Å². The fraction of sp³-hybridized carbons (Fsp3) is 0.200. The molecule has 134 valence electrons. The van der Waals surface area contributed by atoms with Crippen molar-refractivity contribution in [2.75, 3.05) is 26.3 Å². The first-order valence-electron chi connectivity index (χ1n) is 8.25. The second-order valence-corrected chi connectivity index (χ2v) is 6.12. The number of morpholine rings is 1. The molecule has 1 aliphatic rings. The Kier molecular flexibility index (Phi) is 6.04. The molecule has 0 N–H and O–H groups in total. The van der Waals surface area contributed by atoms with Gasteiger partial charge in [0.25, 0.3) is 0 Å². The molecule has 2 aromatic carbocycles. The number of ether oxygens (including phenoxy) is 2. The van der Waals surface area contributed by atoms with Crippen molar-refractivity contribution in [1.82, 2.24) is 4.90 Å². The molecule has 0 aliphatic carbocycles. The van der Waals surface area contributed by atoms with Crippen LogP contribution in [-0.4, -0.2) is 43.1 Å². The van der Waals surface area contributed by atoms with Gasteiger partial charge in [0.1, 0.15) is 5.75 Å². The maximum Gasteiger partial charge on any atom is 0.415 e. The molecule has 1 heterocycles. The highest BCUT2D eigenvalue weighted by Gasteiger charge is 2.18. The third-order valence-electron chi connectivity index (χ3n) is 3.93. The van der Waals surface area contributed by atoms with Crippen LogP contribution in [0.2, 0.25) is 5.02 Å².